The highest BCUT2D eigenvalue weighted by atomic mass is 35.5. The van der Waals surface area contributed by atoms with Gasteiger partial charge in [-0.3, -0.25) is 4.79 Å². The fourth-order valence-electron chi connectivity index (χ4n) is 1.95. The van der Waals surface area contributed by atoms with Gasteiger partial charge in [-0.1, -0.05) is 56.6 Å². The number of halogens is 1. The van der Waals surface area contributed by atoms with E-state index in [9.17, 15) is 9.59 Å². The van der Waals surface area contributed by atoms with Crippen molar-refractivity contribution in [2.75, 3.05) is 0 Å². The van der Waals surface area contributed by atoms with Crippen molar-refractivity contribution in [1.82, 2.24) is 0 Å². The van der Waals surface area contributed by atoms with E-state index in [4.69, 9.17) is 16.0 Å². The van der Waals surface area contributed by atoms with Crippen LogP contribution in [0.3, 0.4) is 0 Å². The zero-order valence-corrected chi connectivity index (χ0v) is 18.2. The molecule has 0 spiro atoms. The van der Waals surface area contributed by atoms with Gasteiger partial charge >= 0.3 is 5.97 Å². The lowest BCUT2D eigenvalue weighted by atomic mass is 10.2. The fraction of sp³-hybridized carbons (Fsp3) is 0.300. The first-order chi connectivity index (χ1) is 12.0. The van der Waals surface area contributed by atoms with Crippen LogP contribution in [0.2, 0.25) is 23.2 Å². The summed E-state index contributed by atoms with van der Waals surface area (Å²) in [4.78, 5) is 25.9. The molecule has 0 radical (unpaired) electrons. The minimum atomic E-state index is -2.25. The minimum absolute atomic E-state index is 0.0852. The highest BCUT2D eigenvalue weighted by Crippen LogP contribution is 2.38. The molecule has 0 atom stereocenters. The molecule has 2 aromatic carbocycles. The van der Waals surface area contributed by atoms with E-state index in [0.29, 0.717) is 21.0 Å². The summed E-state index contributed by atoms with van der Waals surface area (Å²) in [6, 6.07) is 13.9. The van der Waals surface area contributed by atoms with Gasteiger partial charge in [-0.2, -0.15) is 0 Å². The predicted octanol–water partition coefficient (Wildman–Crippen LogP) is 6.43. The molecule has 6 heteroatoms. The third-order valence-corrected chi connectivity index (χ3v) is 10.2. The monoisotopic (exact) mass is 406 g/mol. The standard InChI is InChI=1S/C20H23ClO3SSi/c1-20(2,3)26(4,5)24-18(22)15-11-7-9-13-17(15)25-19(23)14-10-6-8-12-16(14)21/h6-13H,1-5H3. The van der Waals surface area contributed by atoms with Gasteiger partial charge in [-0.15, -0.1) is 0 Å². The first-order valence-electron chi connectivity index (χ1n) is 8.32. The Balaban J connectivity index is 2.27. The number of hydrogen-bond donors (Lipinski definition) is 0. The molecule has 0 saturated carbocycles. The van der Waals surface area contributed by atoms with E-state index >= 15 is 0 Å². The molecule has 0 N–H and O–H groups in total. The highest BCUT2D eigenvalue weighted by molar-refractivity contribution is 8.14. The Morgan fingerprint density at radius 3 is 2.08 bits per heavy atom. The zero-order valence-electron chi connectivity index (χ0n) is 15.6. The van der Waals surface area contributed by atoms with Gasteiger partial charge in [0.15, 0.2) is 0 Å². The van der Waals surface area contributed by atoms with E-state index in [0.717, 1.165) is 11.8 Å². The minimum Gasteiger partial charge on any atom is -0.516 e. The molecule has 0 aliphatic heterocycles. The van der Waals surface area contributed by atoms with Crippen molar-refractivity contribution in [3.63, 3.8) is 0 Å². The molecule has 0 aliphatic carbocycles. The summed E-state index contributed by atoms with van der Waals surface area (Å²) in [5, 5.41) is 0.104. The van der Waals surface area contributed by atoms with Crippen LogP contribution in [-0.4, -0.2) is 19.4 Å². The molecule has 26 heavy (non-hydrogen) atoms. The molecule has 0 saturated heterocycles. The van der Waals surface area contributed by atoms with Crippen molar-refractivity contribution in [2.24, 2.45) is 0 Å². The number of hydrogen-bond acceptors (Lipinski definition) is 4. The normalized spacial score (nSPS) is 11.9. The molecular formula is C20H23ClO3SSi. The molecule has 138 valence electrons. The van der Waals surface area contributed by atoms with Crippen molar-refractivity contribution in [1.29, 1.82) is 0 Å². The van der Waals surface area contributed by atoms with Gasteiger partial charge < -0.3 is 4.43 Å². The second-order valence-electron chi connectivity index (χ2n) is 7.52. The van der Waals surface area contributed by atoms with Crippen molar-refractivity contribution < 1.29 is 14.0 Å². The summed E-state index contributed by atoms with van der Waals surface area (Å²) in [5.74, 6) is -0.383. The van der Waals surface area contributed by atoms with E-state index in [1.807, 2.05) is 13.1 Å². The molecule has 2 rings (SSSR count). The van der Waals surface area contributed by atoms with Crippen LogP contribution in [0.5, 0.6) is 0 Å². The second-order valence-corrected chi connectivity index (χ2v) is 13.7. The Bertz CT molecular complexity index is 828. The van der Waals surface area contributed by atoms with E-state index in [1.165, 1.54) is 0 Å². The van der Waals surface area contributed by atoms with Crippen LogP contribution >= 0.6 is 23.4 Å². The van der Waals surface area contributed by atoms with E-state index < -0.39 is 8.32 Å². The van der Waals surface area contributed by atoms with Crippen molar-refractivity contribution in [2.45, 2.75) is 43.8 Å². The molecule has 0 heterocycles. The molecule has 2 aromatic rings. The molecule has 0 bridgehead atoms. The number of carbonyl (C=O) groups excluding carboxylic acids is 2. The highest BCUT2D eigenvalue weighted by Gasteiger charge is 2.40. The van der Waals surface area contributed by atoms with Crippen molar-refractivity contribution >= 4 is 42.8 Å². The Kier molecular flexibility index (Phi) is 6.37. The maximum atomic E-state index is 12.8. The molecule has 0 aliphatic rings. The van der Waals surface area contributed by atoms with Gasteiger partial charge in [-0.25, -0.2) is 4.79 Å². The summed E-state index contributed by atoms with van der Waals surface area (Å²) in [6.45, 7) is 10.3. The first-order valence-corrected chi connectivity index (χ1v) is 12.4. The molecular weight excluding hydrogens is 384 g/mol. The van der Waals surface area contributed by atoms with Crippen LogP contribution in [-0.2, 0) is 4.43 Å². The van der Waals surface area contributed by atoms with Crippen LogP contribution in [0.15, 0.2) is 53.4 Å². The average molecular weight is 407 g/mol. The van der Waals surface area contributed by atoms with Gasteiger partial charge in [0.2, 0.25) is 5.12 Å². The number of carbonyl (C=O) groups is 2. The Hall–Kier alpha value is -1.56. The summed E-state index contributed by atoms with van der Waals surface area (Å²) in [7, 11) is -2.25. The molecule has 0 aromatic heterocycles. The Morgan fingerprint density at radius 2 is 1.50 bits per heavy atom. The average Bonchev–Trinajstić information content (AvgIpc) is 2.54. The third kappa shape index (κ3) is 4.78. The summed E-state index contributed by atoms with van der Waals surface area (Å²) in [5.41, 5.74) is 0.828. The maximum absolute atomic E-state index is 12.8. The quantitative estimate of drug-likeness (QED) is 0.433. The van der Waals surface area contributed by atoms with Crippen LogP contribution in [0.4, 0.5) is 0 Å². The summed E-state index contributed by atoms with van der Waals surface area (Å²) < 4.78 is 5.89. The fourth-order valence-corrected chi connectivity index (χ4v) is 4.00. The van der Waals surface area contributed by atoms with Gasteiger partial charge in [0.05, 0.1) is 10.6 Å². The van der Waals surface area contributed by atoms with E-state index in [1.54, 1.807) is 48.5 Å². The lowest BCUT2D eigenvalue weighted by Crippen LogP contribution is -2.42. The number of rotatable bonds is 4. The van der Waals surface area contributed by atoms with Gasteiger partial charge in [-0.05, 0) is 54.2 Å². The van der Waals surface area contributed by atoms with Gasteiger partial charge in [0, 0.05) is 10.5 Å². The van der Waals surface area contributed by atoms with E-state index in [-0.39, 0.29) is 16.1 Å². The predicted molar refractivity (Wildman–Crippen MR) is 111 cm³/mol. The molecule has 3 nitrogen and oxygen atoms in total. The summed E-state index contributed by atoms with van der Waals surface area (Å²) >= 11 is 7.10. The second kappa shape index (κ2) is 7.99. The van der Waals surface area contributed by atoms with Crippen molar-refractivity contribution in [3.8, 4) is 0 Å². The number of thioether (sulfide) groups is 1. The Labute approximate surface area is 165 Å². The largest absolute Gasteiger partial charge is 0.516 e. The maximum Gasteiger partial charge on any atom is 0.325 e. The molecule has 0 fully saturated rings. The zero-order chi connectivity index (χ0) is 19.5. The van der Waals surface area contributed by atoms with Gasteiger partial charge in [0.25, 0.3) is 8.32 Å². The van der Waals surface area contributed by atoms with Gasteiger partial charge in [0.1, 0.15) is 0 Å². The molecule has 0 amide bonds. The Morgan fingerprint density at radius 1 is 0.962 bits per heavy atom. The first kappa shape index (κ1) is 20.7. The van der Waals surface area contributed by atoms with Crippen LogP contribution in [0, 0.1) is 0 Å². The van der Waals surface area contributed by atoms with Crippen LogP contribution in [0.25, 0.3) is 0 Å². The van der Waals surface area contributed by atoms with Crippen LogP contribution < -0.4 is 0 Å². The van der Waals surface area contributed by atoms with Crippen LogP contribution in [0.1, 0.15) is 41.5 Å². The topological polar surface area (TPSA) is 43.4 Å². The number of benzene rings is 2. The van der Waals surface area contributed by atoms with Crippen molar-refractivity contribution in [3.05, 3.63) is 64.7 Å². The smallest absolute Gasteiger partial charge is 0.325 e. The molecule has 0 unspecified atom stereocenters. The van der Waals surface area contributed by atoms with E-state index in [2.05, 4.69) is 20.8 Å². The lowest BCUT2D eigenvalue weighted by molar-refractivity contribution is 0.0709. The SMILES string of the molecule is CC(C)(C)[Si](C)(C)OC(=O)c1ccccc1SC(=O)c1ccccc1Cl. The third-order valence-electron chi connectivity index (χ3n) is 4.56. The lowest BCUT2D eigenvalue weighted by Gasteiger charge is -2.35. The summed E-state index contributed by atoms with van der Waals surface area (Å²) in [6.07, 6.45) is 0.